The number of methoxy groups -OCH3 is 1. The molecule has 2 N–H and O–H groups in total. The highest BCUT2D eigenvalue weighted by atomic mass is 32.2. The van der Waals surface area contributed by atoms with E-state index in [9.17, 15) is 37.1 Å². The second kappa shape index (κ2) is 13.6. The molecule has 54 heavy (non-hydrogen) atoms. The summed E-state index contributed by atoms with van der Waals surface area (Å²) >= 11 is 2.66. The van der Waals surface area contributed by atoms with Crippen molar-refractivity contribution in [2.75, 3.05) is 30.5 Å². The number of hydrogen-bond donors (Lipinski definition) is 2. The Hall–Kier alpha value is -5.09. The Labute approximate surface area is 314 Å². The fourth-order valence-corrected chi connectivity index (χ4v) is 11.6. The summed E-state index contributed by atoms with van der Waals surface area (Å²) in [4.78, 5) is 70.6. The van der Waals surface area contributed by atoms with Gasteiger partial charge in [-0.2, -0.15) is 13.2 Å². The highest BCUT2D eigenvalue weighted by Crippen LogP contribution is 2.69. The number of ether oxygens (including phenoxy) is 3. The van der Waals surface area contributed by atoms with Crippen LogP contribution in [0.4, 0.5) is 24.5 Å². The predicted octanol–water partition coefficient (Wildman–Crippen LogP) is 6.34. The second-order valence-corrected chi connectivity index (χ2v) is 15.8. The van der Waals surface area contributed by atoms with Gasteiger partial charge in [0.15, 0.2) is 18.1 Å². The van der Waals surface area contributed by atoms with Gasteiger partial charge in [-0.1, -0.05) is 23.5 Å². The summed E-state index contributed by atoms with van der Waals surface area (Å²) in [5.41, 5.74) is 0.581. The summed E-state index contributed by atoms with van der Waals surface area (Å²) in [5.74, 6) is -2.95. The minimum atomic E-state index is -4.56. The number of nitrogens with zero attached hydrogens (tertiary/aromatic N) is 1. The largest absolute Gasteiger partial charge is 0.493 e. The minimum absolute atomic E-state index is 0.0302. The zero-order valence-corrected chi connectivity index (χ0v) is 30.3. The second-order valence-electron chi connectivity index (χ2n) is 13.6. The van der Waals surface area contributed by atoms with Gasteiger partial charge in [-0.05, 0) is 91.3 Å². The molecule has 280 valence electrons. The molecule has 3 heterocycles. The molecule has 3 amide bonds. The molecule has 0 radical (unpaired) electrons. The number of aromatic nitrogens is 1. The number of fused-ring (bicyclic) bond motifs is 9. The van der Waals surface area contributed by atoms with Gasteiger partial charge in [0.2, 0.25) is 11.8 Å². The monoisotopic (exact) mass is 779 g/mol. The summed E-state index contributed by atoms with van der Waals surface area (Å²) in [6, 6.07) is 15.8. The van der Waals surface area contributed by atoms with Crippen LogP contribution in [-0.2, 0) is 25.3 Å². The summed E-state index contributed by atoms with van der Waals surface area (Å²) in [6.45, 7) is 1.42. The smallest absolute Gasteiger partial charge is 0.416 e. The minimum Gasteiger partial charge on any atom is -0.493 e. The third-order valence-corrected chi connectivity index (χ3v) is 13.3. The highest BCUT2D eigenvalue weighted by Gasteiger charge is 2.69. The number of carbonyl (C=O) groups is 4. The molecule has 2 aliphatic heterocycles. The molecule has 11 nitrogen and oxygen atoms in total. The molecule has 7 atom stereocenters. The molecule has 2 bridgehead atoms. The van der Waals surface area contributed by atoms with Crippen LogP contribution in [0.15, 0.2) is 76.6 Å². The fourth-order valence-electron chi connectivity index (χ4n) is 8.72. The highest BCUT2D eigenvalue weighted by molar-refractivity contribution is 8.00. The number of esters is 1. The van der Waals surface area contributed by atoms with E-state index in [1.807, 2.05) is 6.07 Å². The van der Waals surface area contributed by atoms with E-state index >= 15 is 0 Å². The summed E-state index contributed by atoms with van der Waals surface area (Å²) in [5, 5.41) is 3.08. The van der Waals surface area contributed by atoms with Crippen LogP contribution in [0.1, 0.15) is 45.6 Å². The zero-order valence-electron chi connectivity index (χ0n) is 28.7. The number of rotatable bonds is 9. The van der Waals surface area contributed by atoms with Crippen molar-refractivity contribution in [3.8, 4) is 11.5 Å². The first-order chi connectivity index (χ1) is 25.9. The lowest BCUT2D eigenvalue weighted by Gasteiger charge is -2.43. The first-order valence-corrected chi connectivity index (χ1v) is 18.9. The van der Waals surface area contributed by atoms with Crippen LogP contribution in [0, 0.1) is 29.6 Å². The van der Waals surface area contributed by atoms with Crippen LogP contribution in [0.25, 0.3) is 0 Å². The molecule has 2 saturated carbocycles. The molecule has 6 unspecified atom stereocenters. The van der Waals surface area contributed by atoms with E-state index in [2.05, 4.69) is 10.3 Å². The Morgan fingerprint density at radius 1 is 0.963 bits per heavy atom. The number of H-pyrrole nitrogens is 1. The third kappa shape index (κ3) is 6.04. The Bertz CT molecular complexity index is 2240. The Morgan fingerprint density at radius 2 is 1.70 bits per heavy atom. The van der Waals surface area contributed by atoms with Gasteiger partial charge in [0, 0.05) is 21.7 Å². The van der Waals surface area contributed by atoms with Crippen molar-refractivity contribution in [3.63, 3.8) is 0 Å². The average molecular weight is 780 g/mol. The van der Waals surface area contributed by atoms with Crippen LogP contribution in [0.5, 0.6) is 11.5 Å². The fraction of sp³-hybridized carbons (Fsp3) is 0.342. The molecular weight excluding hydrogens is 748 g/mol. The Morgan fingerprint density at radius 3 is 2.41 bits per heavy atom. The summed E-state index contributed by atoms with van der Waals surface area (Å²) < 4.78 is 55.9. The van der Waals surface area contributed by atoms with Crippen molar-refractivity contribution in [2.24, 2.45) is 29.6 Å². The van der Waals surface area contributed by atoms with Crippen LogP contribution in [0.3, 0.4) is 0 Å². The molecule has 1 aromatic heterocycles. The topological polar surface area (TPSA) is 144 Å². The number of halogens is 3. The molecule has 4 aliphatic rings. The number of amides is 3. The van der Waals surface area contributed by atoms with Crippen molar-refractivity contribution in [1.82, 2.24) is 4.98 Å². The number of alkyl halides is 3. The number of anilines is 2. The van der Waals surface area contributed by atoms with Crippen LogP contribution in [-0.4, -0.2) is 54.2 Å². The Kier molecular flexibility index (Phi) is 9.07. The van der Waals surface area contributed by atoms with Crippen molar-refractivity contribution >= 4 is 58.2 Å². The van der Waals surface area contributed by atoms with Gasteiger partial charge in [0.05, 0.1) is 47.4 Å². The van der Waals surface area contributed by atoms with E-state index in [1.54, 1.807) is 55.1 Å². The van der Waals surface area contributed by atoms with E-state index in [-0.39, 0.29) is 63.7 Å². The lowest BCUT2D eigenvalue weighted by molar-refractivity contribution is -0.137. The first kappa shape index (κ1) is 35.9. The molecule has 16 heteroatoms. The number of imide groups is 1. The van der Waals surface area contributed by atoms with E-state index in [4.69, 9.17) is 14.2 Å². The van der Waals surface area contributed by atoms with Gasteiger partial charge in [-0.3, -0.25) is 24.1 Å². The normalized spacial score (nSPS) is 25.2. The standard InChI is InChI=1S/C38H32F3N3O8S2/c1-3-51-36(48)17-7-10-21(11-8-17)44-34(46)29-22-15-23(30(29)35(44)47)31-28(22)27(32-33(53-31)43-37(49)54-32)18-9-12-24(25(13-18)50-2)52-16-26(45)42-20-6-4-5-19(14-20)38(39,40)41/h4-14,22-23,27-31H,3,15-16H2,1-2H3,(H,42,45)(H,43,49)/t22?,23?,27-,28?,29?,30?,31?/m1/s1. The maximum Gasteiger partial charge on any atom is 0.416 e. The molecule has 8 rings (SSSR count). The quantitative estimate of drug-likeness (QED) is 0.147. The lowest BCUT2D eigenvalue weighted by Crippen LogP contribution is -2.42. The maximum absolute atomic E-state index is 14.2. The SMILES string of the molecule is CCOC(=O)c1ccc(N2C(=O)C3C4CC(C3C2=O)C2C4Sc3[nH]c(=O)sc3[C@@H]2c2ccc(OCC(=O)Nc3cccc(C(F)(F)F)c3)c(OC)c2)cc1. The van der Waals surface area contributed by atoms with E-state index in [0.717, 1.165) is 38.9 Å². The number of thiazole rings is 1. The van der Waals surface area contributed by atoms with Crippen molar-refractivity contribution in [2.45, 2.75) is 35.7 Å². The van der Waals surface area contributed by atoms with Gasteiger partial charge in [0.25, 0.3) is 5.91 Å². The van der Waals surface area contributed by atoms with Crippen molar-refractivity contribution in [1.29, 1.82) is 0 Å². The van der Waals surface area contributed by atoms with Crippen molar-refractivity contribution < 1.29 is 46.6 Å². The van der Waals surface area contributed by atoms with Crippen LogP contribution >= 0.6 is 23.1 Å². The number of thioether (sulfide) groups is 1. The van der Waals surface area contributed by atoms with Gasteiger partial charge >= 0.3 is 17.0 Å². The number of carbonyl (C=O) groups excluding carboxylic acids is 4. The number of benzene rings is 3. The van der Waals surface area contributed by atoms with Gasteiger partial charge in [-0.15, -0.1) is 11.8 Å². The lowest BCUT2D eigenvalue weighted by atomic mass is 9.68. The van der Waals surface area contributed by atoms with E-state index in [0.29, 0.717) is 23.4 Å². The Balaban J connectivity index is 1.05. The van der Waals surface area contributed by atoms with Gasteiger partial charge in [0.1, 0.15) is 0 Å². The zero-order chi connectivity index (χ0) is 38.1. The summed E-state index contributed by atoms with van der Waals surface area (Å²) in [6.07, 6.45) is -3.88. The van der Waals surface area contributed by atoms with Gasteiger partial charge < -0.3 is 24.5 Å². The van der Waals surface area contributed by atoms with E-state index in [1.165, 1.54) is 24.1 Å². The predicted molar refractivity (Wildman–Crippen MR) is 192 cm³/mol. The summed E-state index contributed by atoms with van der Waals surface area (Å²) in [7, 11) is 1.44. The third-order valence-electron chi connectivity index (χ3n) is 10.7. The van der Waals surface area contributed by atoms with E-state index < -0.39 is 42.1 Å². The number of hydrogen-bond acceptors (Lipinski definition) is 10. The number of aromatic amines is 1. The molecule has 3 aromatic carbocycles. The maximum atomic E-state index is 14.2. The molecule has 4 aromatic rings. The van der Waals surface area contributed by atoms with Crippen LogP contribution in [0.2, 0.25) is 0 Å². The van der Waals surface area contributed by atoms with Crippen LogP contribution < -0.4 is 24.6 Å². The van der Waals surface area contributed by atoms with Crippen molar-refractivity contribution in [3.05, 3.63) is 98.0 Å². The molecule has 0 spiro atoms. The molecule has 1 saturated heterocycles. The van der Waals surface area contributed by atoms with Gasteiger partial charge in [-0.25, -0.2) is 4.79 Å². The number of nitrogens with one attached hydrogen (secondary N) is 2. The molecular formula is C38H32F3N3O8S2. The first-order valence-electron chi connectivity index (χ1n) is 17.2. The molecule has 2 aliphatic carbocycles. The molecule has 3 fully saturated rings. The average Bonchev–Trinajstić information content (AvgIpc) is 3.89.